The van der Waals surface area contributed by atoms with Crippen LogP contribution in [0.25, 0.3) is 21.2 Å². The summed E-state index contributed by atoms with van der Waals surface area (Å²) < 4.78 is 59.3. The zero-order chi connectivity index (χ0) is 22.9. The van der Waals surface area contributed by atoms with E-state index in [4.69, 9.17) is 4.74 Å². The highest BCUT2D eigenvalue weighted by molar-refractivity contribution is 7.19. The number of ether oxygens (including phenoxy) is 1. The van der Waals surface area contributed by atoms with Crippen molar-refractivity contribution in [3.63, 3.8) is 0 Å². The van der Waals surface area contributed by atoms with Crippen molar-refractivity contribution >= 4 is 27.4 Å². The van der Waals surface area contributed by atoms with E-state index in [-0.39, 0.29) is 6.61 Å². The largest absolute Gasteiger partial charge is 0.462 e. The first kappa shape index (κ1) is 22.0. The lowest BCUT2D eigenvalue weighted by Gasteiger charge is -2.08. The summed E-state index contributed by atoms with van der Waals surface area (Å²) in [6.45, 7) is 1.96. The third-order valence-electron chi connectivity index (χ3n) is 4.95. The van der Waals surface area contributed by atoms with Gasteiger partial charge in [0.1, 0.15) is 5.82 Å². The number of thiophene rings is 1. The molecule has 164 valence electrons. The van der Waals surface area contributed by atoms with Crippen molar-refractivity contribution in [2.45, 2.75) is 19.5 Å². The van der Waals surface area contributed by atoms with Gasteiger partial charge in [-0.15, -0.1) is 11.3 Å². The normalized spacial score (nSPS) is 11.7. The first-order valence-corrected chi connectivity index (χ1v) is 10.7. The molecule has 0 fully saturated rings. The summed E-state index contributed by atoms with van der Waals surface area (Å²) in [5, 5.41) is 0.661. The van der Waals surface area contributed by atoms with Crippen LogP contribution in [-0.4, -0.2) is 12.6 Å². The first-order chi connectivity index (χ1) is 15.2. The van der Waals surface area contributed by atoms with Gasteiger partial charge in [0.15, 0.2) is 0 Å². The fourth-order valence-corrected chi connectivity index (χ4v) is 4.77. The Bertz CT molecular complexity index is 1290. The molecule has 0 atom stereocenters. The number of carbonyl (C=O) groups is 1. The molecule has 0 unspecified atom stereocenters. The average molecular weight is 458 g/mol. The zero-order valence-electron chi connectivity index (χ0n) is 17.0. The topological polar surface area (TPSA) is 26.3 Å². The van der Waals surface area contributed by atoms with E-state index in [0.29, 0.717) is 34.1 Å². The van der Waals surface area contributed by atoms with Crippen molar-refractivity contribution in [2.75, 3.05) is 6.61 Å². The molecule has 0 N–H and O–H groups in total. The Morgan fingerprint density at radius 1 is 1.00 bits per heavy atom. The molecule has 0 aliphatic rings. The Balaban J connectivity index is 1.73. The van der Waals surface area contributed by atoms with Gasteiger partial charge in [-0.1, -0.05) is 30.3 Å². The molecule has 0 bridgehead atoms. The molecule has 0 saturated carbocycles. The number of esters is 1. The zero-order valence-corrected chi connectivity index (χ0v) is 17.8. The van der Waals surface area contributed by atoms with Crippen LogP contribution in [0, 0.1) is 5.82 Å². The molecule has 4 rings (SSSR count). The molecule has 7 heteroatoms. The molecule has 0 aliphatic carbocycles. The summed E-state index contributed by atoms with van der Waals surface area (Å²) in [5.41, 5.74) is 1.47. The fraction of sp³-hybridized carbons (Fsp3) is 0.160. The third kappa shape index (κ3) is 4.67. The Hall–Kier alpha value is -3.19. The molecule has 32 heavy (non-hydrogen) atoms. The smallest absolute Gasteiger partial charge is 0.416 e. The molecule has 0 radical (unpaired) electrons. The van der Waals surface area contributed by atoms with E-state index >= 15 is 0 Å². The minimum atomic E-state index is -4.41. The van der Waals surface area contributed by atoms with Gasteiger partial charge in [0.05, 0.1) is 17.7 Å². The second-order valence-corrected chi connectivity index (χ2v) is 8.40. The number of hydrogen-bond donors (Lipinski definition) is 0. The first-order valence-electron chi connectivity index (χ1n) is 9.90. The SMILES string of the molecule is CCOC(=O)c1cccc(-c2cc(F)cc3cc(Cc4cccc(C(F)(F)F)c4)sc23)c1. The van der Waals surface area contributed by atoms with Gasteiger partial charge in [-0.05, 0) is 59.8 Å². The lowest BCUT2D eigenvalue weighted by atomic mass is 10.0. The Morgan fingerprint density at radius 3 is 2.53 bits per heavy atom. The highest BCUT2D eigenvalue weighted by atomic mass is 32.1. The molecular formula is C25H18F4O2S. The summed E-state index contributed by atoms with van der Waals surface area (Å²) in [6, 6.07) is 16.6. The van der Waals surface area contributed by atoms with Gasteiger partial charge in [-0.25, -0.2) is 9.18 Å². The summed E-state index contributed by atoms with van der Waals surface area (Å²) in [7, 11) is 0. The molecule has 2 nitrogen and oxygen atoms in total. The van der Waals surface area contributed by atoms with Crippen LogP contribution in [0.15, 0.2) is 66.7 Å². The van der Waals surface area contributed by atoms with Crippen LogP contribution in [0.3, 0.4) is 0 Å². The van der Waals surface area contributed by atoms with Gasteiger partial charge in [0.25, 0.3) is 0 Å². The number of rotatable bonds is 5. The molecule has 0 spiro atoms. The molecule has 0 saturated heterocycles. The maximum absolute atomic E-state index is 14.4. The second kappa shape index (κ2) is 8.74. The van der Waals surface area contributed by atoms with E-state index in [9.17, 15) is 22.4 Å². The van der Waals surface area contributed by atoms with E-state index in [2.05, 4.69) is 0 Å². The monoisotopic (exact) mass is 458 g/mol. The van der Waals surface area contributed by atoms with Crippen molar-refractivity contribution in [1.29, 1.82) is 0 Å². The molecule has 4 aromatic rings. The second-order valence-electron chi connectivity index (χ2n) is 7.26. The minimum absolute atomic E-state index is 0.247. The van der Waals surface area contributed by atoms with E-state index in [1.807, 2.05) is 0 Å². The number of halogens is 4. The summed E-state index contributed by atoms with van der Waals surface area (Å²) in [4.78, 5) is 12.9. The lowest BCUT2D eigenvalue weighted by molar-refractivity contribution is -0.137. The summed E-state index contributed by atoms with van der Waals surface area (Å²) in [6.07, 6.45) is -4.11. The minimum Gasteiger partial charge on any atom is -0.462 e. The number of hydrogen-bond acceptors (Lipinski definition) is 3. The van der Waals surface area contributed by atoms with Crippen LogP contribution in [-0.2, 0) is 17.3 Å². The van der Waals surface area contributed by atoms with Crippen LogP contribution >= 0.6 is 11.3 Å². The molecule has 1 heterocycles. The van der Waals surface area contributed by atoms with Crippen molar-refractivity contribution in [1.82, 2.24) is 0 Å². The highest BCUT2D eigenvalue weighted by Crippen LogP contribution is 2.37. The molecular weight excluding hydrogens is 440 g/mol. The van der Waals surface area contributed by atoms with Gasteiger partial charge >= 0.3 is 12.1 Å². The van der Waals surface area contributed by atoms with Gasteiger partial charge in [0.2, 0.25) is 0 Å². The van der Waals surface area contributed by atoms with E-state index in [1.165, 1.54) is 29.5 Å². The van der Waals surface area contributed by atoms with Crippen LogP contribution < -0.4 is 0 Å². The molecule has 0 amide bonds. The Morgan fingerprint density at radius 2 is 1.78 bits per heavy atom. The number of benzene rings is 3. The van der Waals surface area contributed by atoms with Gasteiger partial charge in [-0.2, -0.15) is 13.2 Å². The maximum Gasteiger partial charge on any atom is 0.416 e. The average Bonchev–Trinajstić information content (AvgIpc) is 3.15. The van der Waals surface area contributed by atoms with Crippen LogP contribution in [0.5, 0.6) is 0 Å². The summed E-state index contributed by atoms with van der Waals surface area (Å²) >= 11 is 1.40. The molecule has 3 aromatic carbocycles. The number of fused-ring (bicyclic) bond motifs is 1. The van der Waals surface area contributed by atoms with E-state index in [1.54, 1.807) is 43.3 Å². The molecule has 0 aliphatic heterocycles. The maximum atomic E-state index is 14.4. The third-order valence-corrected chi connectivity index (χ3v) is 6.13. The van der Waals surface area contributed by atoms with Crippen LogP contribution in [0.2, 0.25) is 0 Å². The lowest BCUT2D eigenvalue weighted by Crippen LogP contribution is -2.05. The molecule has 1 aromatic heterocycles. The van der Waals surface area contributed by atoms with Crippen molar-refractivity contribution < 1.29 is 27.1 Å². The highest BCUT2D eigenvalue weighted by Gasteiger charge is 2.30. The Labute approximate surface area is 186 Å². The van der Waals surface area contributed by atoms with E-state index in [0.717, 1.165) is 21.7 Å². The standard InChI is InChI=1S/C25H18F4O2S/c1-2-31-24(30)17-7-4-6-16(11-17)22-14-20(26)12-18-13-21(32-23(18)22)10-15-5-3-8-19(9-15)25(27,28)29/h3-9,11-14H,2,10H2,1H3. The predicted octanol–water partition coefficient (Wildman–Crippen LogP) is 7.49. The van der Waals surface area contributed by atoms with Crippen molar-refractivity contribution in [2.24, 2.45) is 0 Å². The number of alkyl halides is 3. The predicted molar refractivity (Wildman–Crippen MR) is 117 cm³/mol. The quantitative estimate of drug-likeness (QED) is 0.229. The van der Waals surface area contributed by atoms with Crippen molar-refractivity contribution in [3.05, 3.63) is 94.1 Å². The van der Waals surface area contributed by atoms with Gasteiger partial charge < -0.3 is 4.74 Å². The van der Waals surface area contributed by atoms with Gasteiger partial charge in [0, 0.05) is 21.6 Å². The Kier molecular flexibility index (Phi) is 6.02. The fourth-order valence-electron chi connectivity index (χ4n) is 3.56. The van der Waals surface area contributed by atoms with Crippen LogP contribution in [0.1, 0.15) is 33.3 Å². The van der Waals surface area contributed by atoms with Gasteiger partial charge in [-0.3, -0.25) is 0 Å². The summed E-state index contributed by atoms with van der Waals surface area (Å²) in [5.74, 6) is -0.893. The van der Waals surface area contributed by atoms with Crippen LogP contribution in [0.4, 0.5) is 17.6 Å². The van der Waals surface area contributed by atoms with Crippen molar-refractivity contribution in [3.8, 4) is 11.1 Å². The number of carbonyl (C=O) groups excluding carboxylic acids is 1. The van der Waals surface area contributed by atoms with E-state index < -0.39 is 23.5 Å².